The zero-order valence-corrected chi connectivity index (χ0v) is 8.86. The highest BCUT2D eigenvalue weighted by Crippen LogP contribution is 2.37. The average Bonchev–Trinajstić information content (AvgIpc) is 2.04. The molecule has 0 aromatic rings. The van der Waals surface area contributed by atoms with Crippen LogP contribution in [0.4, 0.5) is 0 Å². The van der Waals surface area contributed by atoms with Crippen LogP contribution in [0.1, 0.15) is 26.7 Å². The van der Waals surface area contributed by atoms with Crippen molar-refractivity contribution in [3.8, 4) is 0 Å². The van der Waals surface area contributed by atoms with Gasteiger partial charge in [-0.2, -0.15) is 11.8 Å². The SMILES string of the molecule is CC1CC(C)C2SCCNC2C1. The molecule has 2 rings (SSSR count). The molecule has 1 nitrogen and oxygen atoms in total. The van der Waals surface area contributed by atoms with E-state index in [9.17, 15) is 0 Å². The molecule has 1 saturated carbocycles. The second-order valence-electron chi connectivity index (χ2n) is 4.45. The summed E-state index contributed by atoms with van der Waals surface area (Å²) in [5.74, 6) is 3.18. The van der Waals surface area contributed by atoms with Crippen molar-refractivity contribution in [2.45, 2.75) is 38.0 Å². The topological polar surface area (TPSA) is 12.0 Å². The normalized spacial score (nSPS) is 48.5. The second kappa shape index (κ2) is 3.59. The summed E-state index contributed by atoms with van der Waals surface area (Å²) in [6.45, 7) is 6.05. The molecule has 2 heteroatoms. The fourth-order valence-corrected chi connectivity index (χ4v) is 4.14. The molecule has 0 aromatic heterocycles. The van der Waals surface area contributed by atoms with Crippen LogP contribution in [0, 0.1) is 11.8 Å². The van der Waals surface area contributed by atoms with E-state index in [0.29, 0.717) is 0 Å². The van der Waals surface area contributed by atoms with Gasteiger partial charge in [0.2, 0.25) is 0 Å². The molecule has 1 saturated heterocycles. The molecule has 70 valence electrons. The quantitative estimate of drug-likeness (QED) is 0.620. The monoisotopic (exact) mass is 185 g/mol. The van der Waals surface area contributed by atoms with Gasteiger partial charge < -0.3 is 5.32 Å². The number of rotatable bonds is 0. The number of thioether (sulfide) groups is 1. The first kappa shape index (κ1) is 8.89. The van der Waals surface area contributed by atoms with Crippen LogP contribution >= 0.6 is 11.8 Å². The maximum Gasteiger partial charge on any atom is 0.0227 e. The van der Waals surface area contributed by atoms with E-state index in [2.05, 4.69) is 30.9 Å². The van der Waals surface area contributed by atoms with E-state index in [0.717, 1.165) is 23.1 Å². The molecule has 2 aliphatic rings. The van der Waals surface area contributed by atoms with Crippen molar-refractivity contribution in [2.75, 3.05) is 12.3 Å². The standard InChI is InChI=1S/C10H19NS/c1-7-5-8(2)10-9(6-7)11-3-4-12-10/h7-11H,3-6H2,1-2H3. The van der Waals surface area contributed by atoms with Crippen molar-refractivity contribution in [1.82, 2.24) is 5.32 Å². The molecule has 0 spiro atoms. The molecular formula is C10H19NS. The fourth-order valence-electron chi connectivity index (χ4n) is 2.75. The fraction of sp³-hybridized carbons (Fsp3) is 1.00. The molecule has 0 amide bonds. The van der Waals surface area contributed by atoms with Gasteiger partial charge >= 0.3 is 0 Å². The van der Waals surface area contributed by atoms with E-state index < -0.39 is 0 Å². The maximum atomic E-state index is 3.66. The minimum atomic E-state index is 0.822. The van der Waals surface area contributed by atoms with Gasteiger partial charge in [0.15, 0.2) is 0 Å². The Bertz CT molecular complexity index is 160. The zero-order chi connectivity index (χ0) is 8.55. The Morgan fingerprint density at radius 2 is 2.08 bits per heavy atom. The predicted octanol–water partition coefficient (Wildman–Crippen LogP) is 2.13. The molecule has 1 heterocycles. The first-order valence-electron chi connectivity index (χ1n) is 5.12. The number of hydrogen-bond donors (Lipinski definition) is 1. The van der Waals surface area contributed by atoms with Crippen molar-refractivity contribution in [3.05, 3.63) is 0 Å². The lowest BCUT2D eigenvalue weighted by atomic mass is 9.80. The molecule has 2 fully saturated rings. The molecule has 0 bridgehead atoms. The summed E-state index contributed by atoms with van der Waals surface area (Å²) >= 11 is 2.19. The first-order valence-corrected chi connectivity index (χ1v) is 6.17. The lowest BCUT2D eigenvalue weighted by Crippen LogP contribution is -2.50. The Hall–Kier alpha value is 0.310. The van der Waals surface area contributed by atoms with Crippen LogP contribution in [0.15, 0.2) is 0 Å². The summed E-state index contributed by atoms with van der Waals surface area (Å²) in [6.07, 6.45) is 2.85. The lowest BCUT2D eigenvalue weighted by molar-refractivity contribution is 0.246. The van der Waals surface area contributed by atoms with Crippen LogP contribution in [0.3, 0.4) is 0 Å². The van der Waals surface area contributed by atoms with Gasteiger partial charge in [0.05, 0.1) is 0 Å². The summed E-state index contributed by atoms with van der Waals surface area (Å²) in [6, 6.07) is 0.822. The van der Waals surface area contributed by atoms with E-state index >= 15 is 0 Å². The van der Waals surface area contributed by atoms with E-state index in [4.69, 9.17) is 0 Å². The van der Waals surface area contributed by atoms with E-state index in [1.54, 1.807) is 0 Å². The summed E-state index contributed by atoms with van der Waals surface area (Å²) < 4.78 is 0. The Balaban J connectivity index is 2.01. The van der Waals surface area contributed by atoms with E-state index in [1.807, 2.05) is 0 Å². The molecule has 4 unspecified atom stereocenters. The highest BCUT2D eigenvalue weighted by Gasteiger charge is 2.35. The van der Waals surface area contributed by atoms with Crippen LogP contribution in [0.2, 0.25) is 0 Å². The summed E-state index contributed by atoms with van der Waals surface area (Å²) in [5.41, 5.74) is 0. The van der Waals surface area contributed by atoms with Crippen molar-refractivity contribution >= 4 is 11.8 Å². The minimum absolute atomic E-state index is 0.822. The van der Waals surface area contributed by atoms with Gasteiger partial charge in [0, 0.05) is 23.6 Å². The largest absolute Gasteiger partial charge is 0.312 e. The van der Waals surface area contributed by atoms with Gasteiger partial charge in [-0.3, -0.25) is 0 Å². The minimum Gasteiger partial charge on any atom is -0.312 e. The molecule has 4 atom stereocenters. The average molecular weight is 185 g/mol. The number of nitrogens with one attached hydrogen (secondary N) is 1. The summed E-state index contributed by atoms with van der Waals surface area (Å²) in [7, 11) is 0. The Kier molecular flexibility index (Phi) is 2.66. The molecule has 0 aromatic carbocycles. The first-order chi connectivity index (χ1) is 5.77. The molecular weight excluding hydrogens is 166 g/mol. The highest BCUT2D eigenvalue weighted by atomic mass is 32.2. The smallest absolute Gasteiger partial charge is 0.0227 e. The Morgan fingerprint density at radius 1 is 1.25 bits per heavy atom. The maximum absolute atomic E-state index is 3.66. The molecule has 1 aliphatic carbocycles. The molecule has 0 radical (unpaired) electrons. The van der Waals surface area contributed by atoms with Gasteiger partial charge in [0.1, 0.15) is 0 Å². The van der Waals surface area contributed by atoms with Gasteiger partial charge in [0.25, 0.3) is 0 Å². The van der Waals surface area contributed by atoms with Crippen molar-refractivity contribution in [3.63, 3.8) is 0 Å². The van der Waals surface area contributed by atoms with Crippen LogP contribution in [0.5, 0.6) is 0 Å². The third-order valence-corrected chi connectivity index (χ3v) is 4.82. The summed E-state index contributed by atoms with van der Waals surface area (Å²) in [4.78, 5) is 0. The van der Waals surface area contributed by atoms with Gasteiger partial charge in [-0.15, -0.1) is 0 Å². The van der Waals surface area contributed by atoms with Crippen LogP contribution in [-0.2, 0) is 0 Å². The third kappa shape index (κ3) is 1.64. The van der Waals surface area contributed by atoms with E-state index in [1.165, 1.54) is 25.1 Å². The second-order valence-corrected chi connectivity index (χ2v) is 5.74. The van der Waals surface area contributed by atoms with Gasteiger partial charge in [-0.25, -0.2) is 0 Å². The van der Waals surface area contributed by atoms with Gasteiger partial charge in [-0.05, 0) is 24.7 Å². The lowest BCUT2D eigenvalue weighted by Gasteiger charge is -2.42. The number of fused-ring (bicyclic) bond motifs is 1. The van der Waals surface area contributed by atoms with Crippen LogP contribution in [0.25, 0.3) is 0 Å². The zero-order valence-electron chi connectivity index (χ0n) is 8.05. The predicted molar refractivity (Wildman–Crippen MR) is 55.6 cm³/mol. The van der Waals surface area contributed by atoms with Crippen molar-refractivity contribution in [2.24, 2.45) is 11.8 Å². The molecule has 1 aliphatic heterocycles. The van der Waals surface area contributed by atoms with Crippen LogP contribution < -0.4 is 5.32 Å². The van der Waals surface area contributed by atoms with E-state index in [-0.39, 0.29) is 0 Å². The Morgan fingerprint density at radius 3 is 2.92 bits per heavy atom. The third-order valence-electron chi connectivity index (χ3n) is 3.21. The Labute approximate surface area is 79.7 Å². The molecule has 1 N–H and O–H groups in total. The highest BCUT2D eigenvalue weighted by molar-refractivity contribution is 8.00. The summed E-state index contributed by atoms with van der Waals surface area (Å²) in [5, 5.41) is 4.57. The van der Waals surface area contributed by atoms with Crippen LogP contribution in [-0.4, -0.2) is 23.6 Å². The van der Waals surface area contributed by atoms with Gasteiger partial charge in [-0.1, -0.05) is 13.8 Å². The van der Waals surface area contributed by atoms with Crippen molar-refractivity contribution < 1.29 is 0 Å². The van der Waals surface area contributed by atoms with Crippen molar-refractivity contribution in [1.29, 1.82) is 0 Å². The molecule has 12 heavy (non-hydrogen) atoms. The number of hydrogen-bond acceptors (Lipinski definition) is 2.